The average molecular weight is 419 g/mol. The maximum atomic E-state index is 12.5. The van der Waals surface area contributed by atoms with E-state index in [9.17, 15) is 4.79 Å². The Morgan fingerprint density at radius 2 is 1.48 bits per heavy atom. The Labute approximate surface area is 174 Å². The fourth-order valence-corrected chi connectivity index (χ4v) is 4.32. The molecule has 0 aromatic heterocycles. The molecule has 1 aliphatic rings. The SMILES string of the molecule is CCOC(=O)C1CSC(Oc2ccccc2OC)(Oc2ccccc2OC)N1C. The van der Waals surface area contributed by atoms with Gasteiger partial charge >= 0.3 is 11.2 Å². The lowest BCUT2D eigenvalue weighted by molar-refractivity contribution is -0.170. The van der Waals surface area contributed by atoms with E-state index in [0.717, 1.165) is 0 Å². The van der Waals surface area contributed by atoms with Gasteiger partial charge in [0.05, 0.1) is 20.8 Å². The first kappa shape index (κ1) is 21.1. The first-order chi connectivity index (χ1) is 14.0. The van der Waals surface area contributed by atoms with Crippen LogP contribution in [0.15, 0.2) is 48.5 Å². The maximum absolute atomic E-state index is 12.5. The highest BCUT2D eigenvalue weighted by Crippen LogP contribution is 2.45. The highest BCUT2D eigenvalue weighted by atomic mass is 32.2. The van der Waals surface area contributed by atoms with E-state index in [2.05, 4.69) is 0 Å². The van der Waals surface area contributed by atoms with Gasteiger partial charge in [0.2, 0.25) is 0 Å². The quantitative estimate of drug-likeness (QED) is 0.477. The molecule has 0 aliphatic carbocycles. The van der Waals surface area contributed by atoms with Gasteiger partial charge in [-0.2, -0.15) is 0 Å². The number of hydrogen-bond donors (Lipinski definition) is 0. The van der Waals surface area contributed by atoms with Crippen molar-refractivity contribution in [3.05, 3.63) is 48.5 Å². The lowest BCUT2D eigenvalue weighted by Crippen LogP contribution is -2.54. The number of benzene rings is 2. The van der Waals surface area contributed by atoms with E-state index in [1.807, 2.05) is 24.3 Å². The van der Waals surface area contributed by atoms with E-state index >= 15 is 0 Å². The molecule has 0 radical (unpaired) electrons. The van der Waals surface area contributed by atoms with Crippen molar-refractivity contribution in [1.29, 1.82) is 0 Å². The third-order valence-corrected chi connectivity index (χ3v) is 5.80. The number of carbonyl (C=O) groups excluding carboxylic acids is 1. The molecule has 1 atom stereocenters. The molecule has 8 heteroatoms. The molecular formula is C21H25NO6S. The van der Waals surface area contributed by atoms with Gasteiger partial charge in [0.15, 0.2) is 23.0 Å². The summed E-state index contributed by atoms with van der Waals surface area (Å²) in [5, 5.41) is -1.32. The lowest BCUT2D eigenvalue weighted by atomic mass is 10.3. The number of methoxy groups -OCH3 is 2. The predicted molar refractivity (Wildman–Crippen MR) is 111 cm³/mol. The lowest BCUT2D eigenvalue weighted by Gasteiger charge is -2.36. The van der Waals surface area contributed by atoms with Crippen LogP contribution in [0.3, 0.4) is 0 Å². The Hall–Kier alpha value is -2.58. The number of nitrogens with zero attached hydrogens (tertiary/aromatic N) is 1. The molecule has 1 aliphatic heterocycles. The summed E-state index contributed by atoms with van der Waals surface area (Å²) in [5.41, 5.74) is 0. The molecule has 2 aromatic carbocycles. The molecule has 0 saturated carbocycles. The van der Waals surface area contributed by atoms with Crippen molar-refractivity contribution in [2.45, 2.75) is 18.2 Å². The van der Waals surface area contributed by atoms with Crippen LogP contribution in [0.1, 0.15) is 6.92 Å². The van der Waals surface area contributed by atoms with Crippen LogP contribution in [0.4, 0.5) is 0 Å². The molecule has 0 spiro atoms. The summed E-state index contributed by atoms with van der Waals surface area (Å²) in [7, 11) is 4.91. The summed E-state index contributed by atoms with van der Waals surface area (Å²) in [5.74, 6) is 2.23. The van der Waals surface area contributed by atoms with Gasteiger partial charge in [-0.1, -0.05) is 36.0 Å². The molecule has 0 amide bonds. The van der Waals surface area contributed by atoms with Crippen LogP contribution >= 0.6 is 11.8 Å². The zero-order chi connectivity index (χ0) is 20.9. The maximum Gasteiger partial charge on any atom is 0.371 e. The summed E-state index contributed by atoms with van der Waals surface area (Å²) in [6, 6.07) is 14.1. The molecule has 1 saturated heterocycles. The van der Waals surface area contributed by atoms with E-state index in [4.69, 9.17) is 23.7 Å². The Balaban J connectivity index is 1.98. The standard InChI is InChI=1S/C21H25NO6S/c1-5-26-20(23)15-14-29-21(22(15)2,27-18-12-8-6-10-16(18)24-3)28-19-13-9-7-11-17(19)25-4/h6-13,15H,5,14H2,1-4H3. The zero-order valence-electron chi connectivity index (χ0n) is 16.9. The van der Waals surface area contributed by atoms with Crippen molar-refractivity contribution in [2.24, 2.45) is 0 Å². The van der Waals surface area contributed by atoms with Crippen LogP contribution in [-0.4, -0.2) is 55.8 Å². The third kappa shape index (κ3) is 4.38. The molecule has 3 rings (SSSR count). The van der Waals surface area contributed by atoms with E-state index in [1.54, 1.807) is 57.4 Å². The summed E-state index contributed by atoms with van der Waals surface area (Å²) >= 11 is 1.36. The predicted octanol–water partition coefficient (Wildman–Crippen LogP) is 3.38. The molecule has 0 N–H and O–H groups in total. The second-order valence-electron chi connectivity index (χ2n) is 6.22. The molecule has 0 bridgehead atoms. The van der Waals surface area contributed by atoms with Crippen molar-refractivity contribution < 1.29 is 28.5 Å². The Morgan fingerprint density at radius 3 is 1.93 bits per heavy atom. The normalized spacial score (nSPS) is 18.1. The van der Waals surface area contributed by atoms with Crippen LogP contribution < -0.4 is 18.9 Å². The largest absolute Gasteiger partial charge is 0.493 e. The molecule has 29 heavy (non-hydrogen) atoms. The van der Waals surface area contributed by atoms with Gasteiger partial charge in [0.25, 0.3) is 0 Å². The zero-order valence-corrected chi connectivity index (χ0v) is 17.7. The second-order valence-corrected chi connectivity index (χ2v) is 7.36. The molecule has 1 unspecified atom stereocenters. The molecule has 2 aromatic rings. The minimum absolute atomic E-state index is 0.307. The van der Waals surface area contributed by atoms with Gasteiger partial charge in [-0.25, -0.2) is 4.90 Å². The van der Waals surface area contributed by atoms with Crippen LogP contribution in [-0.2, 0) is 9.53 Å². The van der Waals surface area contributed by atoms with E-state index in [1.165, 1.54) is 11.8 Å². The Morgan fingerprint density at radius 1 is 1.00 bits per heavy atom. The highest BCUT2D eigenvalue weighted by molar-refractivity contribution is 8.00. The van der Waals surface area contributed by atoms with Crippen molar-refractivity contribution in [2.75, 3.05) is 33.6 Å². The third-order valence-electron chi connectivity index (χ3n) is 4.50. The fraction of sp³-hybridized carbons (Fsp3) is 0.381. The van der Waals surface area contributed by atoms with Crippen molar-refractivity contribution in [3.8, 4) is 23.0 Å². The number of ether oxygens (including phenoxy) is 5. The molecule has 7 nitrogen and oxygen atoms in total. The smallest absolute Gasteiger partial charge is 0.371 e. The summed E-state index contributed by atoms with van der Waals surface area (Å²) in [6.45, 7) is 2.09. The van der Waals surface area contributed by atoms with Crippen LogP contribution in [0.2, 0.25) is 0 Å². The van der Waals surface area contributed by atoms with Gasteiger partial charge in [0.1, 0.15) is 6.04 Å². The number of esters is 1. The molecular weight excluding hydrogens is 394 g/mol. The molecule has 1 fully saturated rings. The van der Waals surface area contributed by atoms with Crippen LogP contribution in [0.25, 0.3) is 0 Å². The Bertz CT molecular complexity index is 796. The number of hydrogen-bond acceptors (Lipinski definition) is 8. The summed E-state index contributed by atoms with van der Waals surface area (Å²) < 4.78 is 28.7. The van der Waals surface area contributed by atoms with E-state index < -0.39 is 11.3 Å². The van der Waals surface area contributed by atoms with Crippen molar-refractivity contribution >= 4 is 17.7 Å². The number of rotatable bonds is 8. The minimum Gasteiger partial charge on any atom is -0.493 e. The first-order valence-electron chi connectivity index (χ1n) is 9.22. The van der Waals surface area contributed by atoms with Gasteiger partial charge in [-0.3, -0.25) is 4.79 Å². The van der Waals surface area contributed by atoms with Crippen molar-refractivity contribution in [3.63, 3.8) is 0 Å². The van der Waals surface area contributed by atoms with E-state index in [-0.39, 0.29) is 5.97 Å². The molecule has 156 valence electrons. The first-order valence-corrected chi connectivity index (χ1v) is 10.2. The number of carbonyl (C=O) groups is 1. The number of likely N-dealkylation sites (N-methyl/N-ethyl adjacent to an activating group) is 1. The summed E-state index contributed by atoms with van der Waals surface area (Å²) in [4.78, 5) is 14.2. The van der Waals surface area contributed by atoms with Crippen LogP contribution in [0, 0.1) is 0 Å². The van der Waals surface area contributed by atoms with Crippen LogP contribution in [0.5, 0.6) is 23.0 Å². The number of para-hydroxylation sites is 4. The molecule has 1 heterocycles. The average Bonchev–Trinajstić information content (AvgIpc) is 3.05. The minimum atomic E-state index is -1.32. The van der Waals surface area contributed by atoms with Gasteiger partial charge in [-0.05, 0) is 38.2 Å². The van der Waals surface area contributed by atoms with E-state index in [0.29, 0.717) is 35.4 Å². The number of thioether (sulfide) groups is 1. The topological polar surface area (TPSA) is 66.5 Å². The van der Waals surface area contributed by atoms with Crippen molar-refractivity contribution in [1.82, 2.24) is 4.90 Å². The Kier molecular flexibility index (Phi) is 6.76. The van der Waals surface area contributed by atoms with Gasteiger partial charge in [-0.15, -0.1) is 0 Å². The van der Waals surface area contributed by atoms with Gasteiger partial charge in [0, 0.05) is 5.75 Å². The summed E-state index contributed by atoms with van der Waals surface area (Å²) in [6.07, 6.45) is 0. The monoisotopic (exact) mass is 419 g/mol. The fourth-order valence-electron chi connectivity index (χ4n) is 2.96. The second kappa shape index (κ2) is 9.28. The highest BCUT2D eigenvalue weighted by Gasteiger charge is 2.54. The van der Waals surface area contributed by atoms with Gasteiger partial charge < -0.3 is 23.7 Å².